The highest BCUT2D eigenvalue weighted by atomic mass is 19.1. The van der Waals surface area contributed by atoms with Crippen LogP contribution in [0.4, 0.5) is 4.39 Å². The summed E-state index contributed by atoms with van der Waals surface area (Å²) in [7, 11) is 0. The summed E-state index contributed by atoms with van der Waals surface area (Å²) in [5.74, 6) is 0.501. The Labute approximate surface area is 140 Å². The summed E-state index contributed by atoms with van der Waals surface area (Å²) in [4.78, 5) is 12.0. The fraction of sp³-hybridized carbons (Fsp3) is 0.250. The second kappa shape index (κ2) is 7.30. The number of carbonyl (C=O) groups excluding carboxylic acids is 1. The summed E-state index contributed by atoms with van der Waals surface area (Å²) in [5.41, 5.74) is 1.42. The molecule has 0 aliphatic heterocycles. The van der Waals surface area contributed by atoms with E-state index >= 15 is 0 Å². The van der Waals surface area contributed by atoms with Crippen molar-refractivity contribution in [3.05, 3.63) is 71.7 Å². The summed E-state index contributed by atoms with van der Waals surface area (Å²) >= 11 is 0. The number of halogens is 1. The molecule has 0 radical (unpaired) electrons. The number of para-hydroxylation sites is 1. The average Bonchev–Trinajstić information content (AvgIpc) is 2.96. The van der Waals surface area contributed by atoms with Crippen LogP contribution in [0.1, 0.15) is 24.7 Å². The molecule has 4 heteroatoms. The number of rotatable bonds is 6. The Morgan fingerprint density at radius 2 is 1.92 bits per heavy atom. The third-order valence-corrected chi connectivity index (χ3v) is 3.97. The molecule has 0 aliphatic rings. The Bertz CT molecular complexity index is 807. The number of furan rings is 1. The fourth-order valence-corrected chi connectivity index (χ4v) is 2.79. The first-order valence-electron chi connectivity index (χ1n) is 8.12. The lowest BCUT2D eigenvalue weighted by atomic mass is 10.1. The summed E-state index contributed by atoms with van der Waals surface area (Å²) < 4.78 is 19.3. The number of carbonyl (C=O) groups is 1. The Balaban J connectivity index is 1.51. The molecule has 124 valence electrons. The zero-order chi connectivity index (χ0) is 16.9. The quantitative estimate of drug-likeness (QED) is 0.736. The molecule has 0 saturated carbocycles. The molecule has 3 nitrogen and oxygen atoms in total. The van der Waals surface area contributed by atoms with Gasteiger partial charge in [0.05, 0.1) is 0 Å². The van der Waals surface area contributed by atoms with E-state index in [9.17, 15) is 9.18 Å². The molecule has 2 aromatic carbocycles. The van der Waals surface area contributed by atoms with Gasteiger partial charge in [0.1, 0.15) is 17.2 Å². The fourth-order valence-electron chi connectivity index (χ4n) is 2.79. The topological polar surface area (TPSA) is 42.2 Å². The van der Waals surface area contributed by atoms with Crippen LogP contribution in [0.15, 0.2) is 59.0 Å². The van der Waals surface area contributed by atoms with Crippen molar-refractivity contribution >= 4 is 16.9 Å². The van der Waals surface area contributed by atoms with Crippen LogP contribution in [0, 0.1) is 5.82 Å². The van der Waals surface area contributed by atoms with Crippen LogP contribution < -0.4 is 5.32 Å². The van der Waals surface area contributed by atoms with E-state index in [1.54, 1.807) is 18.2 Å². The van der Waals surface area contributed by atoms with Gasteiger partial charge in [-0.15, -0.1) is 0 Å². The monoisotopic (exact) mass is 325 g/mol. The maximum absolute atomic E-state index is 13.5. The van der Waals surface area contributed by atoms with E-state index in [2.05, 4.69) is 5.32 Å². The van der Waals surface area contributed by atoms with Crippen LogP contribution in [0.5, 0.6) is 0 Å². The van der Waals surface area contributed by atoms with Crippen LogP contribution in [0.2, 0.25) is 0 Å². The molecule has 0 fully saturated rings. The van der Waals surface area contributed by atoms with E-state index in [4.69, 9.17) is 4.42 Å². The van der Waals surface area contributed by atoms with Crippen molar-refractivity contribution in [1.29, 1.82) is 0 Å². The Kier molecular flexibility index (Phi) is 4.94. The third-order valence-electron chi connectivity index (χ3n) is 3.97. The number of nitrogens with one attached hydrogen (secondary N) is 1. The predicted octanol–water partition coefficient (Wildman–Crippen LogP) is 4.25. The van der Waals surface area contributed by atoms with Crippen LogP contribution in [-0.2, 0) is 17.6 Å². The molecule has 0 saturated heterocycles. The van der Waals surface area contributed by atoms with Gasteiger partial charge >= 0.3 is 0 Å². The summed E-state index contributed by atoms with van der Waals surface area (Å²) in [6.07, 6.45) is 1.29. The summed E-state index contributed by atoms with van der Waals surface area (Å²) in [6.45, 7) is 1.94. The van der Waals surface area contributed by atoms with Crippen molar-refractivity contribution < 1.29 is 13.6 Å². The van der Waals surface area contributed by atoms with Gasteiger partial charge in [-0.1, -0.05) is 36.4 Å². The van der Waals surface area contributed by atoms with E-state index in [1.807, 2.05) is 37.3 Å². The van der Waals surface area contributed by atoms with Crippen molar-refractivity contribution in [2.24, 2.45) is 0 Å². The molecule has 24 heavy (non-hydrogen) atoms. The molecule has 1 atom stereocenters. The number of aryl methyl sites for hydroxylation is 1. The molecule has 0 spiro atoms. The first-order chi connectivity index (χ1) is 11.6. The highest BCUT2D eigenvalue weighted by Crippen LogP contribution is 2.19. The van der Waals surface area contributed by atoms with Gasteiger partial charge in [0.25, 0.3) is 0 Å². The molecule has 1 heterocycles. The second-order valence-electron chi connectivity index (χ2n) is 6.01. The largest absolute Gasteiger partial charge is 0.461 e. The molecule has 1 unspecified atom stereocenters. The van der Waals surface area contributed by atoms with Gasteiger partial charge in [-0.3, -0.25) is 4.79 Å². The number of hydrogen-bond acceptors (Lipinski definition) is 2. The van der Waals surface area contributed by atoms with Gasteiger partial charge in [-0.2, -0.15) is 0 Å². The zero-order valence-electron chi connectivity index (χ0n) is 13.6. The van der Waals surface area contributed by atoms with Gasteiger partial charge in [-0.25, -0.2) is 4.39 Å². The van der Waals surface area contributed by atoms with Crippen molar-refractivity contribution in [1.82, 2.24) is 5.32 Å². The minimum atomic E-state index is -0.263. The normalized spacial score (nSPS) is 12.2. The molecule has 0 bridgehead atoms. The lowest BCUT2D eigenvalue weighted by Crippen LogP contribution is -2.34. The first kappa shape index (κ1) is 16.2. The zero-order valence-corrected chi connectivity index (χ0v) is 13.6. The summed E-state index contributed by atoms with van der Waals surface area (Å²) in [6, 6.07) is 16.3. The molecule has 1 aromatic heterocycles. The molecule has 0 aliphatic carbocycles. The van der Waals surface area contributed by atoms with Crippen molar-refractivity contribution in [2.45, 2.75) is 32.2 Å². The molecule has 1 amide bonds. The van der Waals surface area contributed by atoms with Gasteiger partial charge in [0, 0.05) is 24.3 Å². The van der Waals surface area contributed by atoms with Crippen molar-refractivity contribution in [2.75, 3.05) is 0 Å². The van der Waals surface area contributed by atoms with E-state index < -0.39 is 0 Å². The maximum Gasteiger partial charge on any atom is 0.220 e. The smallest absolute Gasteiger partial charge is 0.220 e. The minimum Gasteiger partial charge on any atom is -0.461 e. The maximum atomic E-state index is 13.5. The van der Waals surface area contributed by atoms with Crippen LogP contribution in [0.3, 0.4) is 0 Å². The molecule has 1 N–H and O–H groups in total. The van der Waals surface area contributed by atoms with E-state index in [0.717, 1.165) is 16.7 Å². The second-order valence-corrected chi connectivity index (χ2v) is 6.01. The molecule has 3 rings (SSSR count). The number of benzene rings is 2. The van der Waals surface area contributed by atoms with Gasteiger partial charge in [0.2, 0.25) is 5.91 Å². The minimum absolute atomic E-state index is 0.0429. The SMILES string of the molecule is CC(Cc1cc2ccccc2o1)NC(=O)CCc1ccccc1F. The van der Waals surface area contributed by atoms with Gasteiger partial charge < -0.3 is 9.73 Å². The van der Waals surface area contributed by atoms with Crippen LogP contribution >= 0.6 is 0 Å². The van der Waals surface area contributed by atoms with Gasteiger partial charge in [-0.05, 0) is 37.1 Å². The van der Waals surface area contributed by atoms with E-state index in [0.29, 0.717) is 18.4 Å². The standard InChI is InChI=1S/C20H20FNO2/c1-14(12-17-13-16-7-3-5-9-19(16)24-17)22-20(23)11-10-15-6-2-4-8-18(15)21/h2-9,13-14H,10-12H2,1H3,(H,22,23). The number of fused-ring (bicyclic) bond motifs is 1. The molecule has 3 aromatic rings. The van der Waals surface area contributed by atoms with Crippen LogP contribution in [-0.4, -0.2) is 11.9 Å². The van der Waals surface area contributed by atoms with Gasteiger partial charge in [0.15, 0.2) is 0 Å². The lowest BCUT2D eigenvalue weighted by molar-refractivity contribution is -0.121. The van der Waals surface area contributed by atoms with E-state index in [-0.39, 0.29) is 24.2 Å². The third kappa shape index (κ3) is 4.02. The highest BCUT2D eigenvalue weighted by molar-refractivity contribution is 5.78. The Hall–Kier alpha value is -2.62. The Morgan fingerprint density at radius 1 is 1.17 bits per heavy atom. The number of amides is 1. The molecular formula is C20H20FNO2. The van der Waals surface area contributed by atoms with Crippen molar-refractivity contribution in [3.63, 3.8) is 0 Å². The highest BCUT2D eigenvalue weighted by Gasteiger charge is 2.12. The Morgan fingerprint density at radius 3 is 2.71 bits per heavy atom. The first-order valence-corrected chi connectivity index (χ1v) is 8.12. The lowest BCUT2D eigenvalue weighted by Gasteiger charge is -2.12. The van der Waals surface area contributed by atoms with Crippen molar-refractivity contribution in [3.8, 4) is 0 Å². The average molecular weight is 325 g/mol. The van der Waals surface area contributed by atoms with Crippen LogP contribution in [0.25, 0.3) is 11.0 Å². The summed E-state index contributed by atoms with van der Waals surface area (Å²) in [5, 5.41) is 4.00. The number of hydrogen-bond donors (Lipinski definition) is 1. The molecular weight excluding hydrogens is 305 g/mol. The van der Waals surface area contributed by atoms with E-state index in [1.165, 1.54) is 6.07 Å². The predicted molar refractivity (Wildman–Crippen MR) is 92.2 cm³/mol.